The fourth-order valence-corrected chi connectivity index (χ4v) is 1.09. The Balaban J connectivity index is 0.000000791. The molecule has 0 heterocycles. The van der Waals surface area contributed by atoms with Crippen LogP contribution in [-0.4, -0.2) is 0 Å². The second kappa shape index (κ2) is 5.25. The highest BCUT2D eigenvalue weighted by molar-refractivity contribution is 6.31. The van der Waals surface area contributed by atoms with Crippen LogP contribution in [0.2, 0.25) is 5.02 Å². The summed E-state index contributed by atoms with van der Waals surface area (Å²) in [5, 5.41) is 0.143. The van der Waals surface area contributed by atoms with E-state index in [0.29, 0.717) is 0 Å². The van der Waals surface area contributed by atoms with Crippen LogP contribution in [0.25, 0.3) is 0 Å². The molecule has 0 spiro atoms. The van der Waals surface area contributed by atoms with Gasteiger partial charge in [0.15, 0.2) is 0 Å². The summed E-state index contributed by atoms with van der Waals surface area (Å²) in [7, 11) is 0. The van der Waals surface area contributed by atoms with Crippen molar-refractivity contribution in [3.8, 4) is 0 Å². The molecule has 0 atom stereocenters. The second-order valence-electron chi connectivity index (χ2n) is 2.41. The lowest BCUT2D eigenvalue weighted by Gasteiger charge is -2.10. The number of rotatable bonds is 0. The molecule has 4 heteroatoms. The van der Waals surface area contributed by atoms with E-state index in [9.17, 15) is 13.2 Å². The van der Waals surface area contributed by atoms with Crippen LogP contribution in [0.4, 0.5) is 13.2 Å². The zero-order valence-electron chi connectivity index (χ0n) is 8.24. The maximum absolute atomic E-state index is 12.2. The Bertz CT molecular complexity index is 292. The van der Waals surface area contributed by atoms with Crippen molar-refractivity contribution in [2.75, 3.05) is 0 Å². The van der Waals surface area contributed by atoms with E-state index in [1.54, 1.807) is 0 Å². The molecule has 0 saturated heterocycles. The van der Waals surface area contributed by atoms with Gasteiger partial charge in [0.2, 0.25) is 0 Å². The van der Waals surface area contributed by atoms with Crippen LogP contribution < -0.4 is 0 Å². The molecule has 0 aromatic heterocycles. The fraction of sp³-hybridized carbons (Fsp3) is 0.400. The molecular formula is C10H12ClF3. The summed E-state index contributed by atoms with van der Waals surface area (Å²) >= 11 is 5.52. The first-order valence-corrected chi connectivity index (χ1v) is 4.63. The van der Waals surface area contributed by atoms with Gasteiger partial charge in [-0.05, 0) is 24.6 Å². The maximum atomic E-state index is 12.2. The molecule has 0 aliphatic rings. The third-order valence-corrected chi connectivity index (χ3v) is 1.98. The molecule has 0 amide bonds. The fourth-order valence-electron chi connectivity index (χ4n) is 0.915. The van der Waals surface area contributed by atoms with Crippen molar-refractivity contribution in [3.05, 3.63) is 34.3 Å². The SMILES string of the molecule is CC.Cc1c(Cl)cccc1C(F)(F)F. The molecule has 0 bridgehead atoms. The summed E-state index contributed by atoms with van der Waals surface area (Å²) in [4.78, 5) is 0. The smallest absolute Gasteiger partial charge is 0.166 e. The molecule has 0 aliphatic heterocycles. The quantitative estimate of drug-likeness (QED) is 0.600. The number of halogens is 4. The molecule has 1 aromatic carbocycles. The Labute approximate surface area is 86.7 Å². The van der Waals surface area contributed by atoms with Crippen molar-refractivity contribution in [2.45, 2.75) is 26.9 Å². The summed E-state index contributed by atoms with van der Waals surface area (Å²) in [5.41, 5.74) is -0.596. The number of hydrogen-bond donors (Lipinski definition) is 0. The van der Waals surface area contributed by atoms with Crippen LogP contribution in [0.15, 0.2) is 18.2 Å². The first-order chi connectivity index (χ1) is 6.43. The van der Waals surface area contributed by atoms with E-state index >= 15 is 0 Å². The normalized spacial score (nSPS) is 10.5. The third-order valence-electron chi connectivity index (χ3n) is 1.57. The summed E-state index contributed by atoms with van der Waals surface area (Å²) in [5.74, 6) is 0. The number of alkyl halides is 3. The van der Waals surface area contributed by atoms with Gasteiger partial charge in [-0.25, -0.2) is 0 Å². The van der Waals surface area contributed by atoms with Crippen LogP contribution in [0.5, 0.6) is 0 Å². The van der Waals surface area contributed by atoms with Crippen LogP contribution in [0.3, 0.4) is 0 Å². The van der Waals surface area contributed by atoms with Crippen LogP contribution in [-0.2, 0) is 6.18 Å². The van der Waals surface area contributed by atoms with E-state index in [2.05, 4.69) is 0 Å². The zero-order valence-corrected chi connectivity index (χ0v) is 9.00. The molecule has 0 fully saturated rings. The Morgan fingerprint density at radius 1 is 1.14 bits per heavy atom. The minimum absolute atomic E-state index is 0.0756. The third kappa shape index (κ3) is 3.22. The van der Waals surface area contributed by atoms with Gasteiger partial charge >= 0.3 is 6.18 Å². The predicted octanol–water partition coefficient (Wildman–Crippen LogP) is 4.69. The first-order valence-electron chi connectivity index (χ1n) is 4.25. The van der Waals surface area contributed by atoms with Gasteiger partial charge in [0.1, 0.15) is 0 Å². The van der Waals surface area contributed by atoms with Gasteiger partial charge in [0.05, 0.1) is 5.56 Å². The van der Waals surface area contributed by atoms with Crippen LogP contribution in [0, 0.1) is 6.92 Å². The van der Waals surface area contributed by atoms with Gasteiger partial charge in [-0.3, -0.25) is 0 Å². The van der Waals surface area contributed by atoms with E-state index in [4.69, 9.17) is 11.6 Å². The van der Waals surface area contributed by atoms with Gasteiger partial charge in [0, 0.05) is 5.02 Å². The lowest BCUT2D eigenvalue weighted by Crippen LogP contribution is -2.07. The Morgan fingerprint density at radius 3 is 2.00 bits per heavy atom. The summed E-state index contributed by atoms with van der Waals surface area (Å²) in [6.07, 6.45) is -4.31. The molecule has 0 nitrogen and oxygen atoms in total. The minimum Gasteiger partial charge on any atom is -0.166 e. The Kier molecular flexibility index (Phi) is 4.99. The average Bonchev–Trinajstić information content (AvgIpc) is 2.11. The van der Waals surface area contributed by atoms with E-state index in [1.807, 2.05) is 13.8 Å². The van der Waals surface area contributed by atoms with Gasteiger partial charge < -0.3 is 0 Å². The Hall–Kier alpha value is -0.700. The van der Waals surface area contributed by atoms with Crippen molar-refractivity contribution >= 4 is 11.6 Å². The average molecular weight is 225 g/mol. The lowest BCUT2D eigenvalue weighted by molar-refractivity contribution is -0.138. The molecule has 0 aliphatic carbocycles. The molecule has 1 aromatic rings. The second-order valence-corrected chi connectivity index (χ2v) is 2.82. The highest BCUT2D eigenvalue weighted by Crippen LogP contribution is 2.34. The highest BCUT2D eigenvalue weighted by Gasteiger charge is 2.32. The molecule has 0 radical (unpaired) electrons. The van der Waals surface area contributed by atoms with E-state index in [-0.39, 0.29) is 10.6 Å². The van der Waals surface area contributed by atoms with Crippen LogP contribution >= 0.6 is 11.6 Å². The van der Waals surface area contributed by atoms with Gasteiger partial charge in [-0.2, -0.15) is 13.2 Å². The number of hydrogen-bond acceptors (Lipinski definition) is 0. The van der Waals surface area contributed by atoms with Crippen LogP contribution in [0.1, 0.15) is 25.0 Å². The topological polar surface area (TPSA) is 0 Å². The van der Waals surface area contributed by atoms with Gasteiger partial charge in [-0.15, -0.1) is 0 Å². The summed E-state index contributed by atoms with van der Waals surface area (Å²) in [6, 6.07) is 3.74. The maximum Gasteiger partial charge on any atom is 0.416 e. The van der Waals surface area contributed by atoms with E-state index < -0.39 is 11.7 Å². The molecule has 14 heavy (non-hydrogen) atoms. The minimum atomic E-state index is -4.31. The van der Waals surface area contributed by atoms with E-state index in [0.717, 1.165) is 6.07 Å². The molecule has 80 valence electrons. The van der Waals surface area contributed by atoms with Crippen molar-refractivity contribution < 1.29 is 13.2 Å². The monoisotopic (exact) mass is 224 g/mol. The summed E-state index contributed by atoms with van der Waals surface area (Å²) < 4.78 is 36.5. The Morgan fingerprint density at radius 2 is 1.64 bits per heavy atom. The first kappa shape index (κ1) is 13.3. The van der Waals surface area contributed by atoms with Gasteiger partial charge in [-0.1, -0.05) is 31.5 Å². The highest BCUT2D eigenvalue weighted by atomic mass is 35.5. The van der Waals surface area contributed by atoms with Gasteiger partial charge in [0.25, 0.3) is 0 Å². The van der Waals surface area contributed by atoms with E-state index in [1.165, 1.54) is 19.1 Å². The van der Waals surface area contributed by atoms with Crippen molar-refractivity contribution in [3.63, 3.8) is 0 Å². The molecule has 0 N–H and O–H groups in total. The van der Waals surface area contributed by atoms with Crippen molar-refractivity contribution in [2.24, 2.45) is 0 Å². The number of benzene rings is 1. The standard InChI is InChI=1S/C8H6ClF3.C2H6/c1-5-6(8(10,11)12)3-2-4-7(5)9;1-2/h2-4H,1H3;1-2H3. The zero-order chi connectivity index (χ0) is 11.4. The van der Waals surface area contributed by atoms with Crippen molar-refractivity contribution in [1.82, 2.24) is 0 Å². The largest absolute Gasteiger partial charge is 0.416 e. The molecular weight excluding hydrogens is 213 g/mol. The predicted molar refractivity (Wildman–Crippen MR) is 52.5 cm³/mol. The van der Waals surface area contributed by atoms with Crippen molar-refractivity contribution in [1.29, 1.82) is 0 Å². The lowest BCUT2D eigenvalue weighted by atomic mass is 10.1. The molecule has 1 rings (SSSR count). The summed E-state index contributed by atoms with van der Waals surface area (Å²) in [6.45, 7) is 5.35. The molecule has 0 saturated carbocycles. The molecule has 0 unspecified atom stereocenters.